The Kier molecular flexibility index (Phi) is 3.42. The molecule has 19 heavy (non-hydrogen) atoms. The van der Waals surface area contributed by atoms with Gasteiger partial charge in [0, 0.05) is 6.54 Å². The maximum atomic E-state index is 5.91. The zero-order valence-electron chi connectivity index (χ0n) is 11.4. The van der Waals surface area contributed by atoms with E-state index in [-0.39, 0.29) is 0 Å². The summed E-state index contributed by atoms with van der Waals surface area (Å²) in [4.78, 5) is 6.97. The molecule has 1 fully saturated rings. The summed E-state index contributed by atoms with van der Waals surface area (Å²) in [6, 6.07) is 5.69. The molecule has 0 atom stereocenters. The molecule has 0 saturated heterocycles. The van der Waals surface area contributed by atoms with Crippen LogP contribution in [-0.4, -0.2) is 23.0 Å². The number of fused-ring (bicyclic) bond motifs is 1. The van der Waals surface area contributed by atoms with Gasteiger partial charge >= 0.3 is 0 Å². The molecule has 2 aromatic rings. The first-order valence-electron chi connectivity index (χ1n) is 7.12. The van der Waals surface area contributed by atoms with Gasteiger partial charge in [-0.05, 0) is 43.9 Å². The van der Waals surface area contributed by atoms with Gasteiger partial charge in [0.05, 0.1) is 12.2 Å². The predicted molar refractivity (Wildman–Crippen MR) is 76.7 cm³/mol. The number of nitrogen functional groups attached to an aromatic ring is 1. The van der Waals surface area contributed by atoms with Crippen molar-refractivity contribution in [1.29, 1.82) is 0 Å². The van der Waals surface area contributed by atoms with Crippen molar-refractivity contribution >= 4 is 16.8 Å². The fourth-order valence-corrected chi connectivity index (χ4v) is 2.49. The summed E-state index contributed by atoms with van der Waals surface area (Å²) in [7, 11) is 0. The van der Waals surface area contributed by atoms with Crippen LogP contribution in [0.5, 0.6) is 0 Å². The molecule has 1 aliphatic carbocycles. The van der Waals surface area contributed by atoms with E-state index in [0.29, 0.717) is 5.69 Å². The Bertz CT molecular complexity index is 560. The zero-order valence-corrected chi connectivity index (χ0v) is 11.4. The maximum absolute atomic E-state index is 5.91. The van der Waals surface area contributed by atoms with E-state index in [0.717, 1.165) is 42.4 Å². The Morgan fingerprint density at radius 1 is 1.42 bits per heavy atom. The van der Waals surface area contributed by atoms with Crippen LogP contribution in [0.2, 0.25) is 0 Å². The molecule has 1 heterocycles. The molecule has 0 spiro atoms. The van der Waals surface area contributed by atoms with Gasteiger partial charge in [-0.25, -0.2) is 4.98 Å². The van der Waals surface area contributed by atoms with Crippen molar-refractivity contribution in [2.75, 3.05) is 18.8 Å². The van der Waals surface area contributed by atoms with Crippen LogP contribution in [0.25, 0.3) is 11.1 Å². The Morgan fingerprint density at radius 2 is 2.26 bits per heavy atom. The molecule has 1 aromatic heterocycles. The standard InChI is InChI=1S/C15H21N3O/c1-2-8-18(9-11-6-7-11)10-14-17-15-12(16)4-3-5-13(15)19-14/h3-5,11H,2,6-10,16H2,1H3. The van der Waals surface area contributed by atoms with Gasteiger partial charge in [0.25, 0.3) is 0 Å². The third-order valence-corrected chi connectivity index (χ3v) is 3.61. The molecule has 0 amide bonds. The number of nitrogens with two attached hydrogens (primary N) is 1. The van der Waals surface area contributed by atoms with E-state index in [4.69, 9.17) is 10.2 Å². The van der Waals surface area contributed by atoms with Crippen LogP contribution in [0.15, 0.2) is 22.6 Å². The molecule has 0 unspecified atom stereocenters. The highest BCUT2D eigenvalue weighted by atomic mass is 16.3. The number of hydrogen-bond donors (Lipinski definition) is 1. The van der Waals surface area contributed by atoms with E-state index >= 15 is 0 Å². The van der Waals surface area contributed by atoms with Gasteiger partial charge in [-0.15, -0.1) is 0 Å². The molecule has 3 rings (SSSR count). The van der Waals surface area contributed by atoms with E-state index in [9.17, 15) is 0 Å². The van der Waals surface area contributed by atoms with Crippen molar-refractivity contribution in [2.45, 2.75) is 32.7 Å². The minimum atomic E-state index is 0.691. The Morgan fingerprint density at radius 3 is 2.95 bits per heavy atom. The van der Waals surface area contributed by atoms with Crippen molar-refractivity contribution in [1.82, 2.24) is 9.88 Å². The smallest absolute Gasteiger partial charge is 0.209 e. The molecule has 4 heteroatoms. The lowest BCUT2D eigenvalue weighted by Crippen LogP contribution is -2.26. The van der Waals surface area contributed by atoms with Gasteiger partial charge in [-0.3, -0.25) is 4.90 Å². The minimum Gasteiger partial charge on any atom is -0.439 e. The van der Waals surface area contributed by atoms with Crippen molar-refractivity contribution in [3.63, 3.8) is 0 Å². The topological polar surface area (TPSA) is 55.3 Å². The first kappa shape index (κ1) is 12.5. The summed E-state index contributed by atoms with van der Waals surface area (Å²) in [5.74, 6) is 1.67. The van der Waals surface area contributed by atoms with Crippen LogP contribution in [0.1, 0.15) is 32.1 Å². The van der Waals surface area contributed by atoms with Gasteiger partial charge in [0.15, 0.2) is 5.58 Å². The fourth-order valence-electron chi connectivity index (χ4n) is 2.49. The Labute approximate surface area is 113 Å². The van der Waals surface area contributed by atoms with Crippen molar-refractivity contribution < 1.29 is 4.42 Å². The van der Waals surface area contributed by atoms with Crippen LogP contribution < -0.4 is 5.73 Å². The van der Waals surface area contributed by atoms with Crippen molar-refractivity contribution in [3.05, 3.63) is 24.1 Å². The highest BCUT2D eigenvalue weighted by Gasteiger charge is 2.24. The molecule has 0 bridgehead atoms. The maximum Gasteiger partial charge on any atom is 0.209 e. The van der Waals surface area contributed by atoms with Crippen molar-refractivity contribution in [3.8, 4) is 0 Å². The normalized spacial score (nSPS) is 15.5. The number of rotatable bonds is 6. The van der Waals surface area contributed by atoms with Gasteiger partial charge in [-0.2, -0.15) is 0 Å². The highest BCUT2D eigenvalue weighted by Crippen LogP contribution is 2.30. The summed E-state index contributed by atoms with van der Waals surface area (Å²) in [5.41, 5.74) is 8.19. The van der Waals surface area contributed by atoms with E-state index in [1.165, 1.54) is 19.4 Å². The third kappa shape index (κ3) is 2.89. The van der Waals surface area contributed by atoms with Gasteiger partial charge in [0.1, 0.15) is 5.52 Å². The monoisotopic (exact) mass is 259 g/mol. The Hall–Kier alpha value is -1.55. The number of anilines is 1. The number of hydrogen-bond acceptors (Lipinski definition) is 4. The first-order valence-corrected chi connectivity index (χ1v) is 7.12. The minimum absolute atomic E-state index is 0.691. The molecule has 0 radical (unpaired) electrons. The summed E-state index contributed by atoms with van der Waals surface area (Å²) in [6.07, 6.45) is 3.91. The SMILES string of the molecule is CCCN(Cc1nc2c(N)cccc2o1)CC1CC1. The van der Waals surface area contributed by atoms with Crippen molar-refractivity contribution in [2.24, 2.45) is 5.92 Å². The van der Waals surface area contributed by atoms with Crippen LogP contribution in [0, 0.1) is 5.92 Å². The van der Waals surface area contributed by atoms with E-state index < -0.39 is 0 Å². The molecule has 2 N–H and O–H groups in total. The second-order valence-electron chi connectivity index (χ2n) is 5.48. The molecular weight excluding hydrogens is 238 g/mol. The lowest BCUT2D eigenvalue weighted by Gasteiger charge is -2.19. The molecule has 102 valence electrons. The number of nitrogens with zero attached hydrogens (tertiary/aromatic N) is 2. The number of para-hydroxylation sites is 1. The average molecular weight is 259 g/mol. The molecule has 1 aliphatic rings. The first-order chi connectivity index (χ1) is 9.26. The number of benzene rings is 1. The lowest BCUT2D eigenvalue weighted by atomic mass is 10.3. The second-order valence-corrected chi connectivity index (χ2v) is 5.48. The lowest BCUT2D eigenvalue weighted by molar-refractivity contribution is 0.232. The summed E-state index contributed by atoms with van der Waals surface area (Å²) in [5, 5.41) is 0. The molecule has 0 aliphatic heterocycles. The van der Waals surface area contributed by atoms with E-state index in [2.05, 4.69) is 16.8 Å². The summed E-state index contributed by atoms with van der Waals surface area (Å²) >= 11 is 0. The van der Waals surface area contributed by atoms with Crippen LogP contribution in [0.4, 0.5) is 5.69 Å². The third-order valence-electron chi connectivity index (χ3n) is 3.61. The van der Waals surface area contributed by atoms with Gasteiger partial charge < -0.3 is 10.2 Å². The van der Waals surface area contributed by atoms with Gasteiger partial charge in [0.2, 0.25) is 5.89 Å². The van der Waals surface area contributed by atoms with Crippen LogP contribution >= 0.6 is 0 Å². The summed E-state index contributed by atoms with van der Waals surface area (Å²) in [6.45, 7) is 5.27. The van der Waals surface area contributed by atoms with E-state index in [1.807, 2.05) is 18.2 Å². The largest absolute Gasteiger partial charge is 0.439 e. The fraction of sp³-hybridized carbons (Fsp3) is 0.533. The zero-order chi connectivity index (χ0) is 13.2. The quantitative estimate of drug-likeness (QED) is 0.810. The van der Waals surface area contributed by atoms with Gasteiger partial charge in [-0.1, -0.05) is 13.0 Å². The van der Waals surface area contributed by atoms with Crippen LogP contribution in [-0.2, 0) is 6.54 Å². The molecule has 4 nitrogen and oxygen atoms in total. The molecule has 1 saturated carbocycles. The molecule has 1 aromatic carbocycles. The summed E-state index contributed by atoms with van der Waals surface area (Å²) < 4.78 is 5.79. The Balaban J connectivity index is 1.76. The predicted octanol–water partition coefficient (Wildman–Crippen LogP) is 3.03. The number of aromatic nitrogens is 1. The van der Waals surface area contributed by atoms with Crippen LogP contribution in [0.3, 0.4) is 0 Å². The number of oxazole rings is 1. The second kappa shape index (κ2) is 5.21. The molecular formula is C15H21N3O. The van der Waals surface area contributed by atoms with E-state index in [1.54, 1.807) is 0 Å². The highest BCUT2D eigenvalue weighted by molar-refractivity contribution is 5.85. The average Bonchev–Trinajstić information content (AvgIpc) is 3.08.